The number of sulfonamides is 1. The van der Waals surface area contributed by atoms with E-state index in [-0.39, 0.29) is 22.7 Å². The second kappa shape index (κ2) is 7.00. The van der Waals surface area contributed by atoms with Crippen LogP contribution in [0.2, 0.25) is 0 Å². The van der Waals surface area contributed by atoms with E-state index in [4.69, 9.17) is 0 Å². The number of pyridine rings is 1. The molecule has 1 aliphatic carbocycles. The number of aromatic nitrogens is 1. The molecule has 0 spiro atoms. The summed E-state index contributed by atoms with van der Waals surface area (Å²) in [6.07, 6.45) is 5.35. The molecule has 1 saturated carbocycles. The summed E-state index contributed by atoms with van der Waals surface area (Å²) in [6, 6.07) is 7.19. The summed E-state index contributed by atoms with van der Waals surface area (Å²) in [5.74, 6) is -0.177. The fourth-order valence-corrected chi connectivity index (χ4v) is 4.75. The Bertz CT molecular complexity index is 787. The largest absolute Gasteiger partial charge is 0.334 e. The first-order valence-corrected chi connectivity index (χ1v) is 9.98. The van der Waals surface area contributed by atoms with Crippen molar-refractivity contribution in [3.8, 4) is 0 Å². The van der Waals surface area contributed by atoms with Gasteiger partial charge in [0.2, 0.25) is 5.91 Å². The van der Waals surface area contributed by atoms with Crippen LogP contribution in [0.4, 0.5) is 0 Å². The first-order chi connectivity index (χ1) is 11.5. The Balaban J connectivity index is 1.70. The van der Waals surface area contributed by atoms with Crippen LogP contribution in [0.15, 0.2) is 46.2 Å². The van der Waals surface area contributed by atoms with Gasteiger partial charge in [-0.2, -0.15) is 4.31 Å². The van der Waals surface area contributed by atoms with Gasteiger partial charge in [-0.05, 0) is 35.9 Å². The summed E-state index contributed by atoms with van der Waals surface area (Å²) in [5, 5.41) is 1.71. The molecular formula is C16H19N3O3S2. The Morgan fingerprint density at radius 3 is 2.71 bits per heavy atom. The molecular weight excluding hydrogens is 346 g/mol. The lowest BCUT2D eigenvalue weighted by molar-refractivity contribution is -0.132. The number of likely N-dealkylation sites (N-methyl/N-ethyl adjacent to an activating group) is 1. The molecule has 3 rings (SSSR count). The minimum absolute atomic E-state index is 0.156. The maximum absolute atomic E-state index is 12.7. The molecule has 0 atom stereocenters. The normalized spacial score (nSPS) is 14.8. The smallest absolute Gasteiger partial charge is 0.252 e. The first kappa shape index (κ1) is 17.1. The number of carbonyl (C=O) groups is 1. The number of hydrogen-bond acceptors (Lipinski definition) is 5. The monoisotopic (exact) mass is 365 g/mol. The molecule has 2 aromatic rings. The van der Waals surface area contributed by atoms with Gasteiger partial charge in [-0.1, -0.05) is 12.1 Å². The molecule has 128 valence electrons. The van der Waals surface area contributed by atoms with E-state index in [1.54, 1.807) is 34.8 Å². The van der Waals surface area contributed by atoms with E-state index in [0.29, 0.717) is 6.54 Å². The van der Waals surface area contributed by atoms with E-state index in [1.807, 2.05) is 12.1 Å². The van der Waals surface area contributed by atoms with E-state index in [2.05, 4.69) is 4.98 Å². The first-order valence-electron chi connectivity index (χ1n) is 7.66. The summed E-state index contributed by atoms with van der Waals surface area (Å²) in [5.41, 5.74) is 0.946. The molecule has 8 heteroatoms. The molecule has 0 bridgehead atoms. The SMILES string of the molecule is CN(CC(=O)N(Cc1cccnc1)C1CC1)S(=O)(=O)c1cccs1. The van der Waals surface area contributed by atoms with Crippen LogP contribution in [0, 0.1) is 0 Å². The molecule has 2 heterocycles. The fraction of sp³-hybridized carbons (Fsp3) is 0.375. The van der Waals surface area contributed by atoms with Crippen molar-refractivity contribution in [3.05, 3.63) is 47.6 Å². The second-order valence-corrected chi connectivity index (χ2v) is 9.03. The minimum Gasteiger partial charge on any atom is -0.334 e. The number of amides is 1. The van der Waals surface area contributed by atoms with Crippen molar-refractivity contribution in [3.63, 3.8) is 0 Å². The molecule has 1 fully saturated rings. The zero-order chi connectivity index (χ0) is 17.2. The van der Waals surface area contributed by atoms with Crippen LogP contribution in [0.25, 0.3) is 0 Å². The molecule has 1 aliphatic rings. The Morgan fingerprint density at radius 2 is 2.12 bits per heavy atom. The van der Waals surface area contributed by atoms with E-state index < -0.39 is 10.0 Å². The average Bonchev–Trinajstić information content (AvgIpc) is 3.25. The van der Waals surface area contributed by atoms with E-state index in [1.165, 1.54) is 7.05 Å². The van der Waals surface area contributed by atoms with Gasteiger partial charge >= 0.3 is 0 Å². The predicted molar refractivity (Wildman–Crippen MR) is 91.9 cm³/mol. The second-order valence-electron chi connectivity index (χ2n) is 5.81. The van der Waals surface area contributed by atoms with Crippen LogP contribution in [0.3, 0.4) is 0 Å². The van der Waals surface area contributed by atoms with Gasteiger partial charge in [0.05, 0.1) is 6.54 Å². The highest BCUT2D eigenvalue weighted by molar-refractivity contribution is 7.91. The van der Waals surface area contributed by atoms with Gasteiger partial charge in [0.15, 0.2) is 0 Å². The molecule has 0 N–H and O–H groups in total. The lowest BCUT2D eigenvalue weighted by atomic mass is 10.2. The van der Waals surface area contributed by atoms with Crippen molar-refractivity contribution >= 4 is 27.3 Å². The Kier molecular flexibility index (Phi) is 4.98. The lowest BCUT2D eigenvalue weighted by Crippen LogP contribution is -2.41. The third-order valence-electron chi connectivity index (χ3n) is 3.90. The molecule has 0 radical (unpaired) electrons. The molecule has 0 aromatic carbocycles. The molecule has 0 unspecified atom stereocenters. The van der Waals surface area contributed by atoms with Crippen LogP contribution >= 0.6 is 11.3 Å². The van der Waals surface area contributed by atoms with Gasteiger partial charge in [-0.25, -0.2) is 8.42 Å². The van der Waals surface area contributed by atoms with Crippen molar-refractivity contribution in [2.75, 3.05) is 13.6 Å². The van der Waals surface area contributed by atoms with Crippen molar-refractivity contribution in [1.82, 2.24) is 14.2 Å². The average molecular weight is 365 g/mol. The van der Waals surface area contributed by atoms with Gasteiger partial charge in [-0.15, -0.1) is 11.3 Å². The van der Waals surface area contributed by atoms with Gasteiger partial charge in [-0.3, -0.25) is 9.78 Å². The topological polar surface area (TPSA) is 70.6 Å². The molecule has 1 amide bonds. The molecule has 0 saturated heterocycles. The Labute approximate surface area is 145 Å². The molecule has 6 nitrogen and oxygen atoms in total. The minimum atomic E-state index is -3.61. The third kappa shape index (κ3) is 3.82. The zero-order valence-electron chi connectivity index (χ0n) is 13.3. The zero-order valence-corrected chi connectivity index (χ0v) is 15.0. The highest BCUT2D eigenvalue weighted by Gasteiger charge is 2.34. The standard InChI is InChI=1S/C16H19N3O3S2/c1-18(24(21,22)16-5-3-9-23-16)12-15(20)19(14-6-7-14)11-13-4-2-8-17-10-13/h2-5,8-10,14H,6-7,11-12H2,1H3. The van der Waals surface area contributed by atoms with E-state index in [0.717, 1.165) is 34.0 Å². The Hall–Kier alpha value is -1.77. The van der Waals surface area contributed by atoms with Crippen LogP contribution in [-0.4, -0.2) is 48.1 Å². The maximum atomic E-state index is 12.7. The highest BCUT2D eigenvalue weighted by atomic mass is 32.2. The Morgan fingerprint density at radius 1 is 1.33 bits per heavy atom. The third-order valence-corrected chi connectivity index (χ3v) is 7.08. The van der Waals surface area contributed by atoms with E-state index in [9.17, 15) is 13.2 Å². The summed E-state index contributed by atoms with van der Waals surface area (Å²) in [4.78, 5) is 18.5. The summed E-state index contributed by atoms with van der Waals surface area (Å²) in [7, 11) is -2.16. The predicted octanol–water partition coefficient (Wildman–Crippen LogP) is 1.95. The quantitative estimate of drug-likeness (QED) is 0.752. The van der Waals surface area contributed by atoms with Crippen molar-refractivity contribution in [1.29, 1.82) is 0 Å². The van der Waals surface area contributed by atoms with Crippen LogP contribution < -0.4 is 0 Å². The number of hydrogen-bond donors (Lipinski definition) is 0. The van der Waals surface area contributed by atoms with E-state index >= 15 is 0 Å². The summed E-state index contributed by atoms with van der Waals surface area (Å²) >= 11 is 1.15. The van der Waals surface area contributed by atoms with Crippen LogP contribution in [-0.2, 0) is 21.4 Å². The maximum Gasteiger partial charge on any atom is 0.252 e. The van der Waals surface area contributed by atoms with Crippen LogP contribution in [0.5, 0.6) is 0 Å². The summed E-state index contributed by atoms with van der Waals surface area (Å²) < 4.78 is 26.3. The number of thiophene rings is 1. The summed E-state index contributed by atoms with van der Waals surface area (Å²) in [6.45, 7) is 0.307. The number of nitrogens with zero attached hydrogens (tertiary/aromatic N) is 3. The molecule has 2 aromatic heterocycles. The van der Waals surface area contributed by atoms with Gasteiger partial charge in [0.1, 0.15) is 4.21 Å². The van der Waals surface area contributed by atoms with Crippen LogP contribution in [0.1, 0.15) is 18.4 Å². The van der Waals surface area contributed by atoms with Crippen molar-refractivity contribution < 1.29 is 13.2 Å². The van der Waals surface area contributed by atoms with Gasteiger partial charge in [0.25, 0.3) is 10.0 Å². The van der Waals surface area contributed by atoms with Crippen molar-refractivity contribution in [2.24, 2.45) is 0 Å². The highest BCUT2D eigenvalue weighted by Crippen LogP contribution is 2.29. The molecule has 0 aliphatic heterocycles. The molecule has 24 heavy (non-hydrogen) atoms. The number of carbonyl (C=O) groups excluding carboxylic acids is 1. The lowest BCUT2D eigenvalue weighted by Gasteiger charge is -2.25. The van der Waals surface area contributed by atoms with Gasteiger partial charge in [0, 0.05) is 32.0 Å². The van der Waals surface area contributed by atoms with Gasteiger partial charge < -0.3 is 4.90 Å². The number of rotatable bonds is 7. The fourth-order valence-electron chi connectivity index (χ4n) is 2.43. The van der Waals surface area contributed by atoms with Crippen molar-refractivity contribution in [2.45, 2.75) is 29.6 Å².